The van der Waals surface area contributed by atoms with Gasteiger partial charge in [-0.1, -0.05) is 6.07 Å². The summed E-state index contributed by atoms with van der Waals surface area (Å²) in [7, 11) is 0. The van der Waals surface area contributed by atoms with Crippen LogP contribution in [-0.4, -0.2) is 27.5 Å². The first kappa shape index (κ1) is 22.6. The van der Waals surface area contributed by atoms with Crippen LogP contribution in [0, 0.1) is 6.57 Å². The molecule has 0 bridgehead atoms. The molecule has 0 aromatic heterocycles. The molecule has 0 spiro atoms. The van der Waals surface area contributed by atoms with E-state index in [-0.39, 0.29) is 11.4 Å². The number of isothiocyanates is 1. The van der Waals surface area contributed by atoms with Crippen LogP contribution in [0.2, 0.25) is 0 Å². The Bertz CT molecular complexity index is 993. The van der Waals surface area contributed by atoms with Crippen molar-refractivity contribution >= 4 is 52.1 Å². The molecule has 1 atom stereocenters. The van der Waals surface area contributed by atoms with Gasteiger partial charge in [0.05, 0.1) is 23.0 Å². The number of thioether (sulfide) groups is 1. The van der Waals surface area contributed by atoms with E-state index in [4.69, 9.17) is 6.57 Å². The number of carbonyl (C=O) groups is 1. The zero-order valence-electron chi connectivity index (χ0n) is 14.9. The average molecular weight is 437 g/mol. The van der Waals surface area contributed by atoms with Crippen LogP contribution in [0.4, 0.5) is 30.2 Å². The quantitative estimate of drug-likeness (QED) is 0.272. The third kappa shape index (κ3) is 6.14. The molecule has 0 aliphatic rings. The number of halogens is 3. The number of nitrogens with one attached hydrogen (secondary N) is 1. The van der Waals surface area contributed by atoms with Crippen molar-refractivity contribution in [1.29, 1.82) is 0 Å². The van der Waals surface area contributed by atoms with Crippen molar-refractivity contribution in [1.82, 2.24) is 0 Å². The van der Waals surface area contributed by atoms with Crippen LogP contribution >= 0.6 is 24.0 Å². The Morgan fingerprint density at radius 2 is 1.97 bits per heavy atom. The highest BCUT2D eigenvalue weighted by Gasteiger charge is 2.35. The van der Waals surface area contributed by atoms with Crippen molar-refractivity contribution < 1.29 is 23.1 Å². The lowest BCUT2D eigenvalue weighted by molar-refractivity contribution is -0.137. The monoisotopic (exact) mass is 437 g/mol. The van der Waals surface area contributed by atoms with Gasteiger partial charge in [0.15, 0.2) is 5.69 Å². The van der Waals surface area contributed by atoms with E-state index < -0.39 is 28.9 Å². The third-order valence-corrected chi connectivity index (χ3v) is 5.10. The van der Waals surface area contributed by atoms with Crippen molar-refractivity contribution in [3.63, 3.8) is 0 Å². The molecule has 10 heteroatoms. The second kappa shape index (κ2) is 9.20. The van der Waals surface area contributed by atoms with Crippen LogP contribution in [0.15, 0.2) is 52.4 Å². The first-order chi connectivity index (χ1) is 13.6. The largest absolute Gasteiger partial charge is 0.407 e. The van der Waals surface area contributed by atoms with Gasteiger partial charge in [-0.15, -0.1) is 11.8 Å². The molecule has 0 unspecified atom stereocenters. The highest BCUT2D eigenvalue weighted by Crippen LogP contribution is 2.38. The molecule has 29 heavy (non-hydrogen) atoms. The Hall–Kier alpha value is -2.70. The van der Waals surface area contributed by atoms with E-state index in [1.54, 1.807) is 24.3 Å². The highest BCUT2D eigenvalue weighted by molar-refractivity contribution is 7.99. The number of carbonyl (C=O) groups excluding carboxylic acids is 1. The lowest BCUT2D eigenvalue weighted by Gasteiger charge is -2.22. The van der Waals surface area contributed by atoms with E-state index in [0.717, 1.165) is 11.0 Å². The predicted octanol–water partition coefficient (Wildman–Crippen LogP) is 5.47. The topological polar surface area (TPSA) is 66.0 Å². The minimum absolute atomic E-state index is 0.0408. The number of hydrogen-bond acceptors (Lipinski definition) is 5. The molecule has 1 amide bonds. The molecule has 2 N–H and O–H groups in total. The van der Waals surface area contributed by atoms with Gasteiger partial charge in [-0.05, 0) is 55.5 Å². The van der Waals surface area contributed by atoms with E-state index in [1.165, 1.54) is 24.8 Å². The third-order valence-electron chi connectivity index (χ3n) is 3.70. The summed E-state index contributed by atoms with van der Waals surface area (Å²) >= 11 is 5.70. The Morgan fingerprint density at radius 3 is 2.52 bits per heavy atom. The molecular weight excluding hydrogens is 423 g/mol. The first-order valence-electron chi connectivity index (χ1n) is 8.00. The number of anilines is 1. The fourth-order valence-corrected chi connectivity index (χ4v) is 3.18. The van der Waals surface area contributed by atoms with Crippen molar-refractivity contribution in [2.24, 2.45) is 4.99 Å². The fourth-order valence-electron chi connectivity index (χ4n) is 2.16. The zero-order valence-corrected chi connectivity index (χ0v) is 16.6. The smallest absolute Gasteiger partial charge is 0.379 e. The molecule has 0 aliphatic heterocycles. The van der Waals surface area contributed by atoms with Gasteiger partial charge in [-0.2, -0.15) is 18.2 Å². The summed E-state index contributed by atoms with van der Waals surface area (Å²) in [5.41, 5.74) is -3.13. The second-order valence-corrected chi connectivity index (χ2v) is 7.29. The molecule has 0 aliphatic carbocycles. The van der Waals surface area contributed by atoms with Crippen molar-refractivity contribution in [3.05, 3.63) is 59.4 Å². The van der Waals surface area contributed by atoms with E-state index in [9.17, 15) is 23.1 Å². The molecule has 2 aromatic carbocycles. The van der Waals surface area contributed by atoms with Crippen molar-refractivity contribution in [2.75, 3.05) is 11.1 Å². The molecule has 0 fully saturated rings. The Labute approximate surface area is 174 Å². The summed E-state index contributed by atoms with van der Waals surface area (Å²) in [6.45, 7) is 8.09. The maximum Gasteiger partial charge on any atom is 0.407 e. The Balaban J connectivity index is 2.09. The van der Waals surface area contributed by atoms with E-state index in [1.807, 2.05) is 0 Å². The first-order valence-corrected chi connectivity index (χ1v) is 9.39. The van der Waals surface area contributed by atoms with E-state index in [0.29, 0.717) is 11.8 Å². The van der Waals surface area contributed by atoms with Crippen LogP contribution in [0.3, 0.4) is 0 Å². The van der Waals surface area contributed by atoms with E-state index >= 15 is 0 Å². The summed E-state index contributed by atoms with van der Waals surface area (Å²) in [6.07, 6.45) is -4.74. The number of aliphatic imine (C=N–C) groups is 1. The van der Waals surface area contributed by atoms with Gasteiger partial charge in [-0.3, -0.25) is 4.79 Å². The van der Waals surface area contributed by atoms with Crippen LogP contribution < -0.4 is 5.32 Å². The maximum atomic E-state index is 13.0. The summed E-state index contributed by atoms with van der Waals surface area (Å²) < 4.78 is 39.1. The second-order valence-electron chi connectivity index (χ2n) is 6.06. The minimum atomic E-state index is -4.74. The molecule has 0 heterocycles. The summed E-state index contributed by atoms with van der Waals surface area (Å²) in [5.74, 6) is -0.906. The van der Waals surface area contributed by atoms with Gasteiger partial charge in [0, 0.05) is 16.3 Å². The van der Waals surface area contributed by atoms with Gasteiger partial charge in [0.2, 0.25) is 0 Å². The number of rotatable bonds is 6. The average Bonchev–Trinajstić information content (AvgIpc) is 2.67. The lowest BCUT2D eigenvalue weighted by Crippen LogP contribution is -2.42. The molecule has 5 nitrogen and oxygen atoms in total. The number of benzene rings is 2. The Morgan fingerprint density at radius 1 is 1.31 bits per heavy atom. The molecule has 150 valence electrons. The van der Waals surface area contributed by atoms with Crippen LogP contribution in [0.5, 0.6) is 0 Å². The maximum absolute atomic E-state index is 13.0. The summed E-state index contributed by atoms with van der Waals surface area (Å²) in [6, 6.07) is 9.65. The fraction of sp³-hybridized carbons (Fsp3) is 0.211. The summed E-state index contributed by atoms with van der Waals surface area (Å²) in [5, 5.41) is 14.9. The lowest BCUT2D eigenvalue weighted by atomic mass is 10.1. The van der Waals surface area contributed by atoms with E-state index in [2.05, 4.69) is 32.5 Å². The molecule has 2 aromatic rings. The van der Waals surface area contributed by atoms with Crippen molar-refractivity contribution in [3.8, 4) is 0 Å². The van der Waals surface area contributed by atoms with Gasteiger partial charge >= 0.3 is 6.18 Å². The number of thiocarbonyl (C=S) groups is 1. The predicted molar refractivity (Wildman–Crippen MR) is 109 cm³/mol. The molecule has 0 radical (unpaired) electrons. The van der Waals surface area contributed by atoms with Crippen molar-refractivity contribution in [2.45, 2.75) is 23.6 Å². The SMILES string of the molecule is [C-]#[N+]c1ccc(NC(=O)[C@](C)(O)CSc2ccc(N=C=S)cc2)cc1C(F)(F)F. The number of nitrogens with zero attached hydrogens (tertiary/aromatic N) is 2. The van der Waals surface area contributed by atoms with Gasteiger partial charge in [-0.25, -0.2) is 4.85 Å². The van der Waals surface area contributed by atoms with Gasteiger partial charge < -0.3 is 10.4 Å². The molecule has 0 saturated carbocycles. The highest BCUT2D eigenvalue weighted by atomic mass is 32.2. The molecule has 2 rings (SSSR count). The zero-order chi connectivity index (χ0) is 21.7. The number of aliphatic hydroxyl groups is 1. The number of alkyl halides is 3. The van der Waals surface area contributed by atoms with Gasteiger partial charge in [0.25, 0.3) is 5.91 Å². The minimum Gasteiger partial charge on any atom is -0.379 e. The standard InChI is InChI=1S/C19H14F3N3O2S2/c1-18(27,10-29-14-6-3-12(4-7-14)24-11-28)17(26)25-13-5-8-16(23-2)15(9-13)19(20,21)22/h3-9,27H,10H2,1H3,(H,25,26)/t18-/m1/s1. The molecule has 0 saturated heterocycles. The Kier molecular flexibility index (Phi) is 7.16. The van der Waals surface area contributed by atoms with Crippen LogP contribution in [-0.2, 0) is 11.0 Å². The number of hydrogen-bond donors (Lipinski definition) is 2. The molecular formula is C19H14F3N3O2S2. The van der Waals surface area contributed by atoms with Crippen LogP contribution in [0.1, 0.15) is 12.5 Å². The summed E-state index contributed by atoms with van der Waals surface area (Å²) in [4.78, 5) is 19.8. The number of amides is 1. The van der Waals surface area contributed by atoms with Crippen LogP contribution in [0.25, 0.3) is 4.85 Å². The normalized spacial score (nSPS) is 13.0. The van der Waals surface area contributed by atoms with Gasteiger partial charge in [0.1, 0.15) is 5.60 Å².